The molecule has 14 heavy (non-hydrogen) atoms. The minimum atomic E-state index is -0.308. The van der Waals surface area contributed by atoms with Crippen molar-refractivity contribution >= 4 is 5.91 Å². The Morgan fingerprint density at radius 2 is 2.07 bits per heavy atom. The van der Waals surface area contributed by atoms with Crippen molar-refractivity contribution in [3.63, 3.8) is 0 Å². The van der Waals surface area contributed by atoms with Crippen molar-refractivity contribution in [2.75, 3.05) is 0 Å². The highest BCUT2D eigenvalue weighted by Crippen LogP contribution is 2.29. The maximum atomic E-state index is 11.0. The van der Waals surface area contributed by atoms with Crippen molar-refractivity contribution in [2.24, 2.45) is 17.6 Å². The van der Waals surface area contributed by atoms with E-state index in [1.165, 1.54) is 32.1 Å². The van der Waals surface area contributed by atoms with E-state index in [9.17, 15) is 4.79 Å². The van der Waals surface area contributed by atoms with Crippen LogP contribution in [-0.2, 0) is 4.79 Å². The van der Waals surface area contributed by atoms with Gasteiger partial charge in [-0.15, -0.1) is 0 Å². The van der Waals surface area contributed by atoms with Crippen molar-refractivity contribution in [1.29, 1.82) is 5.26 Å². The summed E-state index contributed by atoms with van der Waals surface area (Å²) in [6, 6.07) is 2.04. The third kappa shape index (κ3) is 3.37. The lowest BCUT2D eigenvalue weighted by molar-refractivity contribution is -0.122. The zero-order valence-corrected chi connectivity index (χ0v) is 8.54. The number of hydrogen-bond acceptors (Lipinski definition) is 2. The first-order valence-corrected chi connectivity index (χ1v) is 5.40. The summed E-state index contributed by atoms with van der Waals surface area (Å²) in [7, 11) is 0. The molecule has 3 nitrogen and oxygen atoms in total. The SMILES string of the molecule is N#CCC(CC1CCCCC1)C(N)=O. The van der Waals surface area contributed by atoms with E-state index in [0.29, 0.717) is 5.92 Å². The number of rotatable bonds is 4. The Hall–Kier alpha value is -1.04. The molecule has 1 saturated carbocycles. The molecule has 1 atom stereocenters. The van der Waals surface area contributed by atoms with Crippen LogP contribution in [0.3, 0.4) is 0 Å². The third-order valence-electron chi connectivity index (χ3n) is 3.08. The van der Waals surface area contributed by atoms with Crippen molar-refractivity contribution in [3.8, 4) is 6.07 Å². The molecular weight excluding hydrogens is 176 g/mol. The Morgan fingerprint density at radius 1 is 1.43 bits per heavy atom. The minimum absolute atomic E-state index is 0.219. The van der Waals surface area contributed by atoms with Crippen LogP contribution in [0, 0.1) is 23.2 Å². The Kier molecular flexibility index (Phi) is 4.45. The summed E-state index contributed by atoms with van der Waals surface area (Å²) in [5, 5.41) is 8.56. The van der Waals surface area contributed by atoms with Gasteiger partial charge in [0.1, 0.15) is 0 Å². The van der Waals surface area contributed by atoms with Crippen LogP contribution in [-0.4, -0.2) is 5.91 Å². The van der Waals surface area contributed by atoms with Crippen LogP contribution in [0.2, 0.25) is 0 Å². The Labute approximate surface area is 85.3 Å². The highest BCUT2D eigenvalue weighted by atomic mass is 16.1. The van der Waals surface area contributed by atoms with Gasteiger partial charge in [-0.2, -0.15) is 5.26 Å². The second-order valence-electron chi connectivity index (χ2n) is 4.20. The molecule has 0 spiro atoms. The fourth-order valence-electron chi connectivity index (χ4n) is 2.24. The van der Waals surface area contributed by atoms with E-state index < -0.39 is 0 Å². The summed E-state index contributed by atoms with van der Waals surface area (Å²) in [5.74, 6) is 0.0924. The van der Waals surface area contributed by atoms with Crippen LogP contribution in [0.5, 0.6) is 0 Å². The van der Waals surface area contributed by atoms with Gasteiger partial charge in [0.05, 0.1) is 12.0 Å². The lowest BCUT2D eigenvalue weighted by Crippen LogP contribution is -2.25. The quantitative estimate of drug-likeness (QED) is 0.743. The van der Waals surface area contributed by atoms with Crippen LogP contribution in [0.4, 0.5) is 0 Å². The van der Waals surface area contributed by atoms with Gasteiger partial charge in [0.2, 0.25) is 5.91 Å². The van der Waals surface area contributed by atoms with Gasteiger partial charge in [-0.3, -0.25) is 4.79 Å². The summed E-state index contributed by atoms with van der Waals surface area (Å²) in [4.78, 5) is 11.0. The topological polar surface area (TPSA) is 66.9 Å². The van der Waals surface area contributed by atoms with Gasteiger partial charge in [-0.25, -0.2) is 0 Å². The van der Waals surface area contributed by atoms with Crippen molar-refractivity contribution in [2.45, 2.75) is 44.9 Å². The number of hydrogen-bond donors (Lipinski definition) is 1. The fraction of sp³-hybridized carbons (Fsp3) is 0.818. The first-order valence-electron chi connectivity index (χ1n) is 5.40. The van der Waals surface area contributed by atoms with E-state index in [0.717, 1.165) is 6.42 Å². The Bertz CT molecular complexity index is 226. The van der Waals surface area contributed by atoms with E-state index in [-0.39, 0.29) is 18.2 Å². The first kappa shape index (κ1) is 11.0. The lowest BCUT2D eigenvalue weighted by atomic mass is 9.82. The van der Waals surface area contributed by atoms with Crippen LogP contribution in [0.1, 0.15) is 44.9 Å². The van der Waals surface area contributed by atoms with Gasteiger partial charge in [0.25, 0.3) is 0 Å². The average molecular weight is 194 g/mol. The molecule has 1 aliphatic carbocycles. The standard InChI is InChI=1S/C11H18N2O/c12-7-6-10(11(13)14)8-9-4-2-1-3-5-9/h9-10H,1-6,8H2,(H2,13,14). The van der Waals surface area contributed by atoms with Crippen molar-refractivity contribution in [3.05, 3.63) is 0 Å². The number of nitrogens with zero attached hydrogens (tertiary/aromatic N) is 1. The number of amides is 1. The van der Waals surface area contributed by atoms with E-state index in [1.807, 2.05) is 6.07 Å². The molecule has 1 rings (SSSR count). The number of carbonyl (C=O) groups excluding carboxylic acids is 1. The number of carbonyl (C=O) groups is 1. The zero-order valence-electron chi connectivity index (χ0n) is 8.54. The van der Waals surface area contributed by atoms with E-state index in [2.05, 4.69) is 0 Å². The van der Waals surface area contributed by atoms with Crippen molar-refractivity contribution in [1.82, 2.24) is 0 Å². The lowest BCUT2D eigenvalue weighted by Gasteiger charge is -2.23. The average Bonchev–Trinajstić information content (AvgIpc) is 2.18. The molecule has 0 aromatic rings. The predicted molar refractivity (Wildman–Crippen MR) is 54.1 cm³/mol. The first-order chi connectivity index (χ1) is 6.74. The molecule has 0 radical (unpaired) electrons. The predicted octanol–water partition coefficient (Wildman–Crippen LogP) is 1.97. The summed E-state index contributed by atoms with van der Waals surface area (Å²) in [6.45, 7) is 0. The molecule has 0 bridgehead atoms. The smallest absolute Gasteiger partial charge is 0.221 e. The molecule has 1 aliphatic rings. The second-order valence-corrected chi connectivity index (χ2v) is 4.20. The van der Waals surface area contributed by atoms with Crippen LogP contribution in [0.15, 0.2) is 0 Å². The molecule has 0 aromatic heterocycles. The molecule has 0 aromatic carbocycles. The maximum absolute atomic E-state index is 11.0. The van der Waals surface area contributed by atoms with Gasteiger partial charge in [0, 0.05) is 6.42 Å². The molecule has 3 heteroatoms. The van der Waals surface area contributed by atoms with Crippen molar-refractivity contribution < 1.29 is 4.79 Å². The third-order valence-corrected chi connectivity index (χ3v) is 3.08. The van der Waals surface area contributed by atoms with Crippen LogP contribution >= 0.6 is 0 Å². The van der Waals surface area contributed by atoms with E-state index in [1.54, 1.807) is 0 Å². The largest absolute Gasteiger partial charge is 0.369 e. The highest BCUT2D eigenvalue weighted by molar-refractivity contribution is 5.76. The zero-order chi connectivity index (χ0) is 10.4. The van der Waals surface area contributed by atoms with Gasteiger partial charge in [-0.1, -0.05) is 32.1 Å². The number of primary amides is 1. The van der Waals surface area contributed by atoms with Gasteiger partial charge >= 0.3 is 0 Å². The molecule has 1 unspecified atom stereocenters. The molecule has 0 heterocycles. The molecule has 2 N–H and O–H groups in total. The fourth-order valence-corrected chi connectivity index (χ4v) is 2.24. The highest BCUT2D eigenvalue weighted by Gasteiger charge is 2.22. The summed E-state index contributed by atoms with van der Waals surface area (Å²) in [6.07, 6.45) is 7.36. The molecule has 0 saturated heterocycles. The van der Waals surface area contributed by atoms with Gasteiger partial charge < -0.3 is 5.73 Å². The number of nitriles is 1. The molecule has 1 fully saturated rings. The van der Waals surface area contributed by atoms with Crippen LogP contribution in [0.25, 0.3) is 0 Å². The molecular formula is C11H18N2O. The summed E-state index contributed by atoms with van der Waals surface area (Å²) >= 11 is 0. The molecule has 78 valence electrons. The number of nitrogens with two attached hydrogens (primary N) is 1. The summed E-state index contributed by atoms with van der Waals surface area (Å²) in [5.41, 5.74) is 5.25. The van der Waals surface area contributed by atoms with E-state index in [4.69, 9.17) is 11.0 Å². The summed E-state index contributed by atoms with van der Waals surface area (Å²) < 4.78 is 0. The second kappa shape index (κ2) is 5.64. The molecule has 1 amide bonds. The normalized spacial score (nSPS) is 19.9. The minimum Gasteiger partial charge on any atom is -0.369 e. The molecule has 0 aliphatic heterocycles. The Balaban J connectivity index is 2.38. The Morgan fingerprint density at radius 3 is 2.57 bits per heavy atom. The van der Waals surface area contributed by atoms with E-state index >= 15 is 0 Å². The van der Waals surface area contributed by atoms with Gasteiger partial charge in [0.15, 0.2) is 0 Å². The van der Waals surface area contributed by atoms with Crippen LogP contribution < -0.4 is 5.73 Å². The van der Waals surface area contributed by atoms with Gasteiger partial charge in [-0.05, 0) is 12.3 Å². The maximum Gasteiger partial charge on any atom is 0.221 e. The monoisotopic (exact) mass is 194 g/mol.